The average Bonchev–Trinajstić information content (AvgIpc) is 3.25. The molecule has 2 aromatic carbocycles. The molecule has 1 aliphatic carbocycles. The molecule has 5 heteroatoms. The summed E-state index contributed by atoms with van der Waals surface area (Å²) in [6.45, 7) is 2.71. The van der Waals surface area contributed by atoms with Crippen molar-refractivity contribution in [2.45, 2.75) is 44.7 Å². The van der Waals surface area contributed by atoms with Gasteiger partial charge in [0.25, 0.3) is 0 Å². The zero-order valence-electron chi connectivity index (χ0n) is 17.6. The van der Waals surface area contributed by atoms with E-state index >= 15 is 0 Å². The number of likely N-dealkylation sites (tertiary alicyclic amines) is 1. The van der Waals surface area contributed by atoms with Crippen LogP contribution in [0.15, 0.2) is 54.6 Å². The van der Waals surface area contributed by atoms with E-state index in [2.05, 4.69) is 46.6 Å². The van der Waals surface area contributed by atoms with Crippen molar-refractivity contribution in [2.75, 3.05) is 26.3 Å². The first-order chi connectivity index (χ1) is 14.7. The highest BCUT2D eigenvalue weighted by Gasteiger charge is 2.49. The molecule has 30 heavy (non-hydrogen) atoms. The lowest BCUT2D eigenvalue weighted by atomic mass is 9.73. The van der Waals surface area contributed by atoms with Gasteiger partial charge in [-0.05, 0) is 42.5 Å². The molecule has 0 aromatic heterocycles. The summed E-state index contributed by atoms with van der Waals surface area (Å²) in [7, 11) is 0. The molecular weight excluding hydrogens is 376 g/mol. The maximum absolute atomic E-state index is 13.3. The number of nitrogens with one attached hydrogen (secondary N) is 1. The third-order valence-electron chi connectivity index (χ3n) is 6.30. The summed E-state index contributed by atoms with van der Waals surface area (Å²) >= 11 is 0. The van der Waals surface area contributed by atoms with Gasteiger partial charge in [-0.15, -0.1) is 0 Å². The number of hydrogen-bond donors (Lipinski definition) is 2. The third kappa shape index (κ3) is 5.02. The van der Waals surface area contributed by atoms with E-state index in [0.29, 0.717) is 12.6 Å². The molecule has 0 spiro atoms. The Morgan fingerprint density at radius 3 is 2.40 bits per heavy atom. The van der Waals surface area contributed by atoms with Gasteiger partial charge in [0.1, 0.15) is 12.4 Å². The molecule has 1 aliphatic heterocycles. The van der Waals surface area contributed by atoms with Gasteiger partial charge < -0.3 is 15.2 Å². The summed E-state index contributed by atoms with van der Waals surface area (Å²) in [6, 6.07) is 18.7. The molecule has 5 nitrogen and oxygen atoms in total. The van der Waals surface area contributed by atoms with Crippen LogP contribution in [-0.4, -0.2) is 48.3 Å². The molecule has 2 N–H and O–H groups in total. The van der Waals surface area contributed by atoms with E-state index in [9.17, 15) is 4.79 Å². The molecule has 1 heterocycles. The number of nitrogens with zero attached hydrogens (tertiary/aromatic N) is 1. The zero-order chi connectivity index (χ0) is 20.8. The Hall–Kier alpha value is -2.37. The minimum absolute atomic E-state index is 0.0158. The van der Waals surface area contributed by atoms with Crippen molar-refractivity contribution >= 4 is 5.91 Å². The van der Waals surface area contributed by atoms with Crippen LogP contribution in [0.5, 0.6) is 5.75 Å². The van der Waals surface area contributed by atoms with Crippen LogP contribution in [-0.2, 0) is 17.8 Å². The lowest BCUT2D eigenvalue weighted by Gasteiger charge is -2.49. The topological polar surface area (TPSA) is 61.8 Å². The van der Waals surface area contributed by atoms with Crippen molar-refractivity contribution in [1.82, 2.24) is 10.2 Å². The zero-order valence-corrected chi connectivity index (χ0v) is 17.6. The summed E-state index contributed by atoms with van der Waals surface area (Å²) < 4.78 is 5.43. The summed E-state index contributed by atoms with van der Waals surface area (Å²) in [4.78, 5) is 15.6. The molecule has 0 bridgehead atoms. The second-order valence-electron chi connectivity index (χ2n) is 8.76. The molecule has 0 radical (unpaired) electrons. The van der Waals surface area contributed by atoms with Crippen LogP contribution >= 0.6 is 0 Å². The van der Waals surface area contributed by atoms with Gasteiger partial charge in [-0.1, -0.05) is 55.3 Å². The molecule has 1 saturated carbocycles. The number of aliphatic hydroxyl groups excluding tert-OH is 1. The van der Waals surface area contributed by atoms with Crippen molar-refractivity contribution in [3.63, 3.8) is 0 Å². The third-order valence-corrected chi connectivity index (χ3v) is 6.30. The molecule has 4 rings (SSSR count). The normalized spacial score (nSPS) is 18.7. The van der Waals surface area contributed by atoms with Crippen molar-refractivity contribution in [1.29, 1.82) is 0 Å². The predicted octanol–water partition coefficient (Wildman–Crippen LogP) is 3.16. The quantitative estimate of drug-likeness (QED) is 0.669. The number of ether oxygens (including phenoxy) is 1. The average molecular weight is 409 g/mol. The van der Waals surface area contributed by atoms with Crippen LogP contribution in [0.4, 0.5) is 0 Å². The van der Waals surface area contributed by atoms with Crippen LogP contribution < -0.4 is 10.1 Å². The number of hydrogen-bond acceptors (Lipinski definition) is 4. The fourth-order valence-corrected chi connectivity index (χ4v) is 4.77. The van der Waals surface area contributed by atoms with Gasteiger partial charge in [0.05, 0.1) is 12.0 Å². The Labute approximate surface area is 179 Å². The fourth-order valence-electron chi connectivity index (χ4n) is 4.77. The highest BCUT2D eigenvalue weighted by molar-refractivity contribution is 5.85. The molecule has 0 atom stereocenters. The van der Waals surface area contributed by atoms with E-state index in [1.165, 1.54) is 24.0 Å². The molecule has 0 unspecified atom stereocenters. The SMILES string of the molecule is O=C(NC1CCCC1)C1(Cc2ccccc2)CN(Cc2ccc(OCCO)cc2)C1. The van der Waals surface area contributed by atoms with Crippen molar-refractivity contribution in [2.24, 2.45) is 5.41 Å². The number of aliphatic hydroxyl groups is 1. The summed E-state index contributed by atoms with van der Waals surface area (Å²) in [5.41, 5.74) is 2.09. The number of carbonyl (C=O) groups excluding carboxylic acids is 1. The van der Waals surface area contributed by atoms with Crippen molar-refractivity contribution in [3.05, 3.63) is 65.7 Å². The van der Waals surface area contributed by atoms with E-state index < -0.39 is 0 Å². The number of carbonyl (C=O) groups is 1. The van der Waals surface area contributed by atoms with E-state index in [4.69, 9.17) is 9.84 Å². The first-order valence-corrected chi connectivity index (χ1v) is 11.1. The Bertz CT molecular complexity index is 810. The Morgan fingerprint density at radius 1 is 1.03 bits per heavy atom. The predicted molar refractivity (Wildman–Crippen MR) is 117 cm³/mol. The monoisotopic (exact) mass is 408 g/mol. The van der Waals surface area contributed by atoms with Gasteiger partial charge in [0, 0.05) is 25.7 Å². The van der Waals surface area contributed by atoms with E-state index in [0.717, 1.165) is 44.6 Å². The first kappa shape index (κ1) is 20.9. The molecule has 2 fully saturated rings. The van der Waals surface area contributed by atoms with E-state index in [1.54, 1.807) is 0 Å². The molecule has 1 amide bonds. The minimum Gasteiger partial charge on any atom is -0.491 e. The van der Waals surface area contributed by atoms with Crippen LogP contribution in [0.25, 0.3) is 0 Å². The first-order valence-electron chi connectivity index (χ1n) is 11.1. The second-order valence-corrected chi connectivity index (χ2v) is 8.76. The lowest BCUT2D eigenvalue weighted by Crippen LogP contribution is -2.64. The van der Waals surface area contributed by atoms with E-state index in [1.807, 2.05) is 18.2 Å². The molecular formula is C25H32N2O3. The van der Waals surface area contributed by atoms with E-state index in [-0.39, 0.29) is 17.9 Å². The molecule has 2 aromatic rings. The van der Waals surface area contributed by atoms with Crippen molar-refractivity contribution < 1.29 is 14.6 Å². The standard InChI is InChI=1S/C25H32N2O3/c28-14-15-30-23-12-10-21(11-13-23)17-27-18-25(19-27,16-20-6-2-1-3-7-20)24(29)26-22-8-4-5-9-22/h1-3,6-7,10-13,22,28H,4-5,8-9,14-19H2,(H,26,29). The Morgan fingerprint density at radius 2 is 1.73 bits per heavy atom. The van der Waals surface area contributed by atoms with Gasteiger partial charge in [-0.3, -0.25) is 9.69 Å². The molecule has 1 saturated heterocycles. The highest BCUT2D eigenvalue weighted by Crippen LogP contribution is 2.36. The van der Waals surface area contributed by atoms with Crippen molar-refractivity contribution in [3.8, 4) is 5.75 Å². The van der Waals surface area contributed by atoms with Gasteiger partial charge in [-0.2, -0.15) is 0 Å². The minimum atomic E-state index is -0.339. The Kier molecular flexibility index (Phi) is 6.70. The number of amides is 1. The van der Waals surface area contributed by atoms with Crippen LogP contribution in [0.2, 0.25) is 0 Å². The summed E-state index contributed by atoms with van der Waals surface area (Å²) in [5, 5.41) is 12.2. The Balaban J connectivity index is 1.39. The van der Waals surface area contributed by atoms with Crippen LogP contribution in [0, 0.1) is 5.41 Å². The highest BCUT2D eigenvalue weighted by atomic mass is 16.5. The van der Waals surface area contributed by atoms with Gasteiger partial charge >= 0.3 is 0 Å². The van der Waals surface area contributed by atoms with Crippen LogP contribution in [0.1, 0.15) is 36.8 Å². The van der Waals surface area contributed by atoms with Gasteiger partial charge in [0.15, 0.2) is 0 Å². The van der Waals surface area contributed by atoms with Gasteiger partial charge in [-0.25, -0.2) is 0 Å². The number of benzene rings is 2. The van der Waals surface area contributed by atoms with Crippen LogP contribution in [0.3, 0.4) is 0 Å². The van der Waals surface area contributed by atoms with Gasteiger partial charge in [0.2, 0.25) is 5.91 Å². The maximum atomic E-state index is 13.3. The molecule has 160 valence electrons. The summed E-state index contributed by atoms with van der Waals surface area (Å²) in [6.07, 6.45) is 5.46. The fraction of sp³-hybridized carbons (Fsp3) is 0.480. The largest absolute Gasteiger partial charge is 0.491 e. The summed E-state index contributed by atoms with van der Waals surface area (Å²) in [5.74, 6) is 0.994. The lowest BCUT2D eigenvalue weighted by molar-refractivity contribution is -0.143. The second kappa shape index (κ2) is 9.63. The molecule has 2 aliphatic rings. The smallest absolute Gasteiger partial charge is 0.229 e. The maximum Gasteiger partial charge on any atom is 0.229 e. The number of rotatable bonds is 9.